The second-order valence-electron chi connectivity index (χ2n) is 3.59. The Morgan fingerprint density at radius 2 is 2.47 bits per heavy atom. The average molecular weight is 211 g/mol. The first-order valence-corrected chi connectivity index (χ1v) is 5.20. The number of pyridine rings is 1. The summed E-state index contributed by atoms with van der Waals surface area (Å²) in [5.41, 5.74) is 0. The zero-order valence-electron chi connectivity index (χ0n) is 8.49. The topological polar surface area (TPSA) is 31.4 Å². The largest absolute Gasteiger partial charge is 0.492 e. The fourth-order valence-electron chi connectivity index (χ4n) is 1.63. The van der Waals surface area contributed by atoms with Gasteiger partial charge in [-0.25, -0.2) is 4.98 Å². The summed E-state index contributed by atoms with van der Waals surface area (Å²) >= 11 is 0. The van der Waals surface area contributed by atoms with E-state index in [0.717, 1.165) is 25.9 Å². The van der Waals surface area contributed by atoms with Crippen LogP contribution in [0.5, 0.6) is 5.75 Å². The quantitative estimate of drug-likeness (QED) is 0.715. The lowest BCUT2D eigenvalue weighted by atomic mass is 10.2. The molecule has 1 aromatic heterocycles. The summed E-state index contributed by atoms with van der Waals surface area (Å²) in [4.78, 5) is 3.51. The highest BCUT2D eigenvalue weighted by atomic mass is 19.1. The van der Waals surface area contributed by atoms with Crippen LogP contribution in [0.15, 0.2) is 18.3 Å². The van der Waals surface area contributed by atoms with Crippen molar-refractivity contribution < 1.29 is 13.9 Å². The molecule has 1 atom stereocenters. The highest BCUT2D eigenvalue weighted by molar-refractivity contribution is 5.15. The lowest BCUT2D eigenvalue weighted by molar-refractivity contribution is 0.0903. The zero-order chi connectivity index (χ0) is 10.5. The van der Waals surface area contributed by atoms with E-state index >= 15 is 0 Å². The van der Waals surface area contributed by atoms with Gasteiger partial charge in [0, 0.05) is 13.0 Å². The molecule has 15 heavy (non-hydrogen) atoms. The molecule has 0 amide bonds. The first-order valence-electron chi connectivity index (χ1n) is 5.20. The molecule has 82 valence electrons. The first kappa shape index (κ1) is 10.4. The molecule has 1 aromatic rings. The van der Waals surface area contributed by atoms with Gasteiger partial charge in [0.1, 0.15) is 5.75 Å². The van der Waals surface area contributed by atoms with Gasteiger partial charge < -0.3 is 9.47 Å². The molecular weight excluding hydrogens is 197 g/mol. The molecule has 2 rings (SSSR count). The van der Waals surface area contributed by atoms with E-state index in [2.05, 4.69) is 4.98 Å². The molecule has 1 unspecified atom stereocenters. The van der Waals surface area contributed by atoms with E-state index in [-0.39, 0.29) is 0 Å². The minimum Gasteiger partial charge on any atom is -0.492 e. The highest BCUT2D eigenvalue weighted by Gasteiger charge is 2.14. The Labute approximate surface area is 88.2 Å². The van der Waals surface area contributed by atoms with Crippen LogP contribution in [0, 0.1) is 5.95 Å². The molecular formula is C11H14FNO2. The van der Waals surface area contributed by atoms with E-state index in [9.17, 15) is 4.39 Å². The van der Waals surface area contributed by atoms with Gasteiger partial charge in [0.25, 0.3) is 0 Å². The van der Waals surface area contributed by atoms with Crippen molar-refractivity contribution in [3.8, 4) is 5.75 Å². The summed E-state index contributed by atoms with van der Waals surface area (Å²) in [5, 5.41) is 0. The second-order valence-corrected chi connectivity index (χ2v) is 3.59. The van der Waals surface area contributed by atoms with Gasteiger partial charge in [0.15, 0.2) is 0 Å². The number of ether oxygens (including phenoxy) is 2. The monoisotopic (exact) mass is 211 g/mol. The second kappa shape index (κ2) is 5.07. The van der Waals surface area contributed by atoms with Gasteiger partial charge in [-0.15, -0.1) is 0 Å². The number of rotatable bonds is 4. The van der Waals surface area contributed by atoms with Crippen molar-refractivity contribution in [3.63, 3.8) is 0 Å². The predicted octanol–water partition coefficient (Wildman–Crippen LogP) is 2.17. The molecule has 0 bridgehead atoms. The maximum absolute atomic E-state index is 12.5. The van der Waals surface area contributed by atoms with E-state index in [4.69, 9.17) is 9.47 Å². The molecule has 0 spiro atoms. The minimum absolute atomic E-state index is 0.332. The Hall–Kier alpha value is -1.16. The number of aromatic nitrogens is 1. The summed E-state index contributed by atoms with van der Waals surface area (Å²) in [7, 11) is 0. The highest BCUT2D eigenvalue weighted by Crippen LogP contribution is 2.16. The van der Waals surface area contributed by atoms with Crippen molar-refractivity contribution >= 4 is 0 Å². The lowest BCUT2D eigenvalue weighted by Gasteiger charge is -2.10. The van der Waals surface area contributed by atoms with E-state index in [0.29, 0.717) is 18.5 Å². The molecule has 0 radical (unpaired) electrons. The summed E-state index contributed by atoms with van der Waals surface area (Å²) in [6.07, 6.45) is 4.87. The summed E-state index contributed by atoms with van der Waals surface area (Å²) in [5.74, 6) is 0.121. The summed E-state index contributed by atoms with van der Waals surface area (Å²) in [6, 6.07) is 2.87. The normalized spacial score (nSPS) is 20.5. The van der Waals surface area contributed by atoms with Crippen molar-refractivity contribution in [2.24, 2.45) is 0 Å². The fourth-order valence-corrected chi connectivity index (χ4v) is 1.63. The first-order chi connectivity index (χ1) is 7.34. The Balaban J connectivity index is 1.71. The van der Waals surface area contributed by atoms with Crippen LogP contribution in [0.25, 0.3) is 0 Å². The van der Waals surface area contributed by atoms with E-state index < -0.39 is 5.95 Å². The molecule has 1 aliphatic heterocycles. The molecule has 3 nitrogen and oxygen atoms in total. The molecule has 4 heteroatoms. The van der Waals surface area contributed by atoms with Gasteiger partial charge in [0.05, 0.1) is 18.9 Å². The third-order valence-corrected chi connectivity index (χ3v) is 2.43. The molecule has 0 saturated carbocycles. The van der Waals surface area contributed by atoms with Crippen LogP contribution in [0.3, 0.4) is 0 Å². The number of hydrogen-bond acceptors (Lipinski definition) is 3. The molecule has 0 aromatic carbocycles. The molecule has 1 fully saturated rings. The van der Waals surface area contributed by atoms with Gasteiger partial charge in [0.2, 0.25) is 5.95 Å². The van der Waals surface area contributed by atoms with Gasteiger partial charge in [-0.1, -0.05) is 0 Å². The zero-order valence-corrected chi connectivity index (χ0v) is 8.49. The van der Waals surface area contributed by atoms with Crippen LogP contribution in [-0.4, -0.2) is 24.3 Å². The Bertz CT molecular complexity index is 296. The van der Waals surface area contributed by atoms with E-state index in [1.807, 2.05) is 0 Å². The maximum atomic E-state index is 12.5. The lowest BCUT2D eigenvalue weighted by Crippen LogP contribution is -2.10. The van der Waals surface area contributed by atoms with E-state index in [1.54, 1.807) is 6.07 Å². The third kappa shape index (κ3) is 3.16. The number of nitrogens with zero attached hydrogens (tertiary/aromatic N) is 1. The van der Waals surface area contributed by atoms with Crippen LogP contribution < -0.4 is 4.74 Å². The SMILES string of the molecule is Fc1ccc(OCCC2CCCO2)cn1. The maximum Gasteiger partial charge on any atom is 0.213 e. The van der Waals surface area contributed by atoms with Crippen LogP contribution in [-0.2, 0) is 4.74 Å². The third-order valence-electron chi connectivity index (χ3n) is 2.43. The average Bonchev–Trinajstić information content (AvgIpc) is 2.74. The summed E-state index contributed by atoms with van der Waals surface area (Å²) in [6.45, 7) is 1.46. The van der Waals surface area contributed by atoms with Gasteiger partial charge in [-0.2, -0.15) is 4.39 Å². The fraction of sp³-hybridized carbons (Fsp3) is 0.545. The van der Waals surface area contributed by atoms with Gasteiger partial charge in [-0.05, 0) is 25.0 Å². The van der Waals surface area contributed by atoms with Crippen LogP contribution in [0.1, 0.15) is 19.3 Å². The molecule has 1 saturated heterocycles. The number of halogens is 1. The standard InChI is InChI=1S/C11H14FNO2/c12-11-4-3-10(8-13-11)15-7-5-9-2-1-6-14-9/h3-4,8-9H,1-2,5-7H2. The summed E-state index contributed by atoms with van der Waals surface area (Å²) < 4.78 is 23.3. The minimum atomic E-state index is -0.485. The van der Waals surface area contributed by atoms with Crippen molar-refractivity contribution in [1.29, 1.82) is 0 Å². The molecule has 1 aliphatic rings. The van der Waals surface area contributed by atoms with Crippen molar-refractivity contribution in [1.82, 2.24) is 4.98 Å². The van der Waals surface area contributed by atoms with Crippen LogP contribution in [0.2, 0.25) is 0 Å². The van der Waals surface area contributed by atoms with Gasteiger partial charge >= 0.3 is 0 Å². The van der Waals surface area contributed by atoms with E-state index in [1.165, 1.54) is 12.3 Å². The molecule has 0 N–H and O–H groups in total. The molecule has 2 heterocycles. The van der Waals surface area contributed by atoms with Crippen molar-refractivity contribution in [2.75, 3.05) is 13.2 Å². The molecule has 0 aliphatic carbocycles. The number of hydrogen-bond donors (Lipinski definition) is 0. The smallest absolute Gasteiger partial charge is 0.213 e. The Kier molecular flexibility index (Phi) is 3.50. The van der Waals surface area contributed by atoms with Crippen molar-refractivity contribution in [3.05, 3.63) is 24.3 Å². The van der Waals surface area contributed by atoms with Crippen LogP contribution >= 0.6 is 0 Å². The Morgan fingerprint density at radius 1 is 1.53 bits per heavy atom. The van der Waals surface area contributed by atoms with Crippen LogP contribution in [0.4, 0.5) is 4.39 Å². The van der Waals surface area contributed by atoms with Gasteiger partial charge in [-0.3, -0.25) is 0 Å². The Morgan fingerprint density at radius 3 is 3.13 bits per heavy atom. The predicted molar refractivity (Wildman–Crippen MR) is 53.3 cm³/mol. The van der Waals surface area contributed by atoms with Crippen molar-refractivity contribution in [2.45, 2.75) is 25.4 Å².